The van der Waals surface area contributed by atoms with Gasteiger partial charge in [0, 0.05) is 24.9 Å². The molecule has 0 saturated carbocycles. The Morgan fingerprint density at radius 3 is 2.33 bits per heavy atom. The first-order chi connectivity index (χ1) is 12.7. The molecule has 1 aromatic rings. The van der Waals surface area contributed by atoms with Gasteiger partial charge in [0.2, 0.25) is 0 Å². The largest absolute Gasteiger partial charge is 0.374 e. The van der Waals surface area contributed by atoms with Gasteiger partial charge in [-0.3, -0.25) is 13.9 Å². The molecular formula is C22H33N3O2. The first-order valence-corrected chi connectivity index (χ1v) is 10.3. The molecule has 2 unspecified atom stereocenters. The van der Waals surface area contributed by atoms with Gasteiger partial charge in [-0.05, 0) is 57.8 Å². The molecule has 0 fully saturated rings. The molecule has 3 rings (SSSR count). The Labute approximate surface area is 162 Å². The van der Waals surface area contributed by atoms with Gasteiger partial charge >= 0.3 is 5.69 Å². The number of ketones is 1. The molecule has 1 aliphatic carbocycles. The van der Waals surface area contributed by atoms with Crippen molar-refractivity contribution in [2.45, 2.75) is 91.8 Å². The highest BCUT2D eigenvalue weighted by atomic mass is 16.2. The highest BCUT2D eigenvalue weighted by Crippen LogP contribution is 2.43. The molecular weight excluding hydrogens is 338 g/mol. The molecule has 1 aromatic heterocycles. The average molecular weight is 372 g/mol. The number of carbonyl (C=O) groups excluding carboxylic acids is 1. The van der Waals surface area contributed by atoms with Crippen molar-refractivity contribution in [1.82, 2.24) is 14.5 Å². The summed E-state index contributed by atoms with van der Waals surface area (Å²) in [5, 5.41) is 3.50. The van der Waals surface area contributed by atoms with E-state index in [9.17, 15) is 9.59 Å². The zero-order chi connectivity index (χ0) is 20.0. The van der Waals surface area contributed by atoms with E-state index in [2.05, 4.69) is 52.9 Å². The zero-order valence-corrected chi connectivity index (χ0v) is 17.7. The van der Waals surface area contributed by atoms with Crippen LogP contribution in [0.1, 0.15) is 97.1 Å². The number of nitrogens with one attached hydrogen (secondary N) is 1. The molecule has 5 heteroatoms. The predicted octanol–water partition coefficient (Wildman–Crippen LogP) is 4.32. The number of carbonyl (C=O) groups is 1. The molecule has 0 bridgehead atoms. The van der Waals surface area contributed by atoms with E-state index >= 15 is 0 Å². The van der Waals surface area contributed by atoms with E-state index in [1.54, 1.807) is 6.92 Å². The number of nitrogens with zero attached hydrogens (tertiary/aromatic N) is 2. The van der Waals surface area contributed by atoms with Crippen LogP contribution in [-0.4, -0.2) is 21.0 Å². The molecule has 2 heterocycles. The number of Topliss-reactive ketones (excluding diaryl/α,β-unsaturated/α-hetero) is 1. The Bertz CT molecular complexity index is 880. The molecule has 148 valence electrons. The van der Waals surface area contributed by atoms with Crippen LogP contribution >= 0.6 is 0 Å². The van der Waals surface area contributed by atoms with Gasteiger partial charge in [0.05, 0.1) is 23.1 Å². The summed E-state index contributed by atoms with van der Waals surface area (Å²) >= 11 is 0. The normalized spacial score (nSPS) is 21.4. The van der Waals surface area contributed by atoms with Gasteiger partial charge < -0.3 is 5.32 Å². The molecule has 0 spiro atoms. The van der Waals surface area contributed by atoms with Gasteiger partial charge in [-0.15, -0.1) is 0 Å². The molecule has 0 amide bonds. The highest BCUT2D eigenvalue weighted by Gasteiger charge is 2.41. The zero-order valence-electron chi connectivity index (χ0n) is 17.7. The van der Waals surface area contributed by atoms with Gasteiger partial charge in [-0.2, -0.15) is 0 Å². The summed E-state index contributed by atoms with van der Waals surface area (Å²) in [7, 11) is 0. The van der Waals surface area contributed by atoms with E-state index in [1.165, 1.54) is 5.57 Å². The lowest BCUT2D eigenvalue weighted by Crippen LogP contribution is -2.35. The van der Waals surface area contributed by atoms with Gasteiger partial charge in [0.25, 0.3) is 0 Å². The number of unbranched alkanes of at least 4 members (excludes halogenated alkanes) is 1. The fourth-order valence-electron chi connectivity index (χ4n) is 4.63. The van der Waals surface area contributed by atoms with E-state index in [0.717, 1.165) is 41.9 Å². The monoisotopic (exact) mass is 371 g/mol. The maximum absolute atomic E-state index is 13.1. The van der Waals surface area contributed by atoms with Crippen LogP contribution in [0.25, 0.3) is 6.08 Å². The molecule has 0 aromatic carbocycles. The minimum atomic E-state index is 0.0654. The maximum atomic E-state index is 13.1. The smallest absolute Gasteiger partial charge is 0.329 e. The van der Waals surface area contributed by atoms with Crippen LogP contribution in [0.3, 0.4) is 0 Å². The fourth-order valence-corrected chi connectivity index (χ4v) is 4.63. The Morgan fingerprint density at radius 2 is 1.81 bits per heavy atom. The van der Waals surface area contributed by atoms with E-state index in [1.807, 2.05) is 9.13 Å². The van der Waals surface area contributed by atoms with E-state index in [0.29, 0.717) is 0 Å². The van der Waals surface area contributed by atoms with Crippen LogP contribution in [0.2, 0.25) is 0 Å². The van der Waals surface area contributed by atoms with E-state index < -0.39 is 0 Å². The summed E-state index contributed by atoms with van der Waals surface area (Å²) in [6.45, 7) is 14.2. The van der Waals surface area contributed by atoms with Crippen LogP contribution in [0, 0.1) is 0 Å². The van der Waals surface area contributed by atoms with Crippen molar-refractivity contribution in [3.63, 3.8) is 0 Å². The van der Waals surface area contributed by atoms with Crippen LogP contribution in [0.15, 0.2) is 21.6 Å². The number of allylic oxidation sites excluding steroid dienone is 1. The van der Waals surface area contributed by atoms with Crippen molar-refractivity contribution in [3.8, 4) is 0 Å². The number of hydrogen-bond donors (Lipinski definition) is 1. The van der Waals surface area contributed by atoms with Crippen LogP contribution < -0.4 is 11.0 Å². The Balaban J connectivity index is 2.25. The summed E-state index contributed by atoms with van der Waals surface area (Å²) in [6.07, 6.45) is 5.23. The van der Waals surface area contributed by atoms with Crippen molar-refractivity contribution in [2.24, 2.45) is 0 Å². The topological polar surface area (TPSA) is 56.0 Å². The lowest BCUT2D eigenvalue weighted by atomic mass is 9.82. The Kier molecular flexibility index (Phi) is 5.24. The second kappa shape index (κ2) is 7.17. The van der Waals surface area contributed by atoms with Crippen molar-refractivity contribution >= 4 is 11.9 Å². The highest BCUT2D eigenvalue weighted by molar-refractivity contribution is 5.96. The quantitative estimate of drug-likeness (QED) is 0.810. The Hall–Kier alpha value is -2.04. The number of aromatic nitrogens is 2. The summed E-state index contributed by atoms with van der Waals surface area (Å²) in [5.41, 5.74) is 5.29. The summed E-state index contributed by atoms with van der Waals surface area (Å²) in [5.74, 6) is 0.227. The van der Waals surface area contributed by atoms with Gasteiger partial charge in [0.1, 0.15) is 0 Å². The number of rotatable bonds is 6. The van der Waals surface area contributed by atoms with Crippen LogP contribution in [0.5, 0.6) is 0 Å². The molecule has 27 heavy (non-hydrogen) atoms. The third kappa shape index (κ3) is 3.01. The first-order valence-electron chi connectivity index (χ1n) is 10.3. The van der Waals surface area contributed by atoms with Crippen LogP contribution in [-0.2, 0) is 4.79 Å². The van der Waals surface area contributed by atoms with Gasteiger partial charge in [0.15, 0.2) is 5.78 Å². The molecule has 0 radical (unpaired) electrons. The first kappa shape index (κ1) is 19.7. The standard InChI is InChI=1S/C22H33N3O2/c1-8-9-10-16-17-11-18-21(14(6)19(17)23-20(16)15(7)26)25(13(4)5)22(27)24(18)12(2)3/h11-14,19,23H,8-10H2,1-7H3. The number of hydrogen-bond acceptors (Lipinski definition) is 3. The summed E-state index contributed by atoms with van der Waals surface area (Å²) in [4.78, 5) is 25.4. The predicted molar refractivity (Wildman–Crippen MR) is 110 cm³/mol. The molecule has 2 atom stereocenters. The van der Waals surface area contributed by atoms with Crippen molar-refractivity contribution in [2.75, 3.05) is 0 Å². The van der Waals surface area contributed by atoms with Crippen molar-refractivity contribution < 1.29 is 4.79 Å². The third-order valence-corrected chi connectivity index (χ3v) is 5.87. The second-order valence-corrected chi connectivity index (χ2v) is 8.50. The van der Waals surface area contributed by atoms with E-state index in [4.69, 9.17) is 0 Å². The molecule has 2 aliphatic rings. The summed E-state index contributed by atoms with van der Waals surface area (Å²) < 4.78 is 3.85. The summed E-state index contributed by atoms with van der Waals surface area (Å²) in [6, 6.07) is 0.261. The minimum Gasteiger partial charge on any atom is -0.374 e. The lowest BCUT2D eigenvalue weighted by Gasteiger charge is -2.29. The minimum absolute atomic E-state index is 0.0654. The SMILES string of the molecule is CCCCC1=C(C(C)=O)NC2C1=Cc1c(n(C(C)C)c(=O)n1C(C)C)C2C. The van der Waals surface area contributed by atoms with Gasteiger partial charge in [-0.1, -0.05) is 20.3 Å². The molecule has 5 nitrogen and oxygen atoms in total. The molecule has 1 N–H and O–H groups in total. The second-order valence-electron chi connectivity index (χ2n) is 8.50. The van der Waals surface area contributed by atoms with Crippen molar-refractivity contribution in [3.05, 3.63) is 38.7 Å². The number of imidazole rings is 1. The van der Waals surface area contributed by atoms with Gasteiger partial charge in [-0.25, -0.2) is 4.79 Å². The fraction of sp³-hybridized carbons (Fsp3) is 0.636. The van der Waals surface area contributed by atoms with E-state index in [-0.39, 0.29) is 35.5 Å². The maximum Gasteiger partial charge on any atom is 0.329 e. The lowest BCUT2D eigenvalue weighted by molar-refractivity contribution is -0.114. The van der Waals surface area contributed by atoms with Crippen molar-refractivity contribution in [1.29, 1.82) is 0 Å². The molecule has 0 saturated heterocycles. The van der Waals surface area contributed by atoms with Crippen LogP contribution in [0.4, 0.5) is 0 Å². The Morgan fingerprint density at radius 1 is 1.19 bits per heavy atom. The molecule has 1 aliphatic heterocycles. The average Bonchev–Trinajstić information content (AvgIpc) is 3.08. The third-order valence-electron chi connectivity index (χ3n) is 5.87. The number of fused-ring (bicyclic) bond motifs is 2.